The van der Waals surface area contributed by atoms with Crippen molar-refractivity contribution in [3.8, 4) is 131 Å². The van der Waals surface area contributed by atoms with Crippen molar-refractivity contribution in [1.29, 1.82) is 0 Å². The van der Waals surface area contributed by atoms with Gasteiger partial charge in [0, 0.05) is 58.8 Å². The van der Waals surface area contributed by atoms with Crippen LogP contribution in [0.5, 0.6) is 0 Å². The fraction of sp³-hybridized carbons (Fsp3) is 0.298. The zero-order valence-electron chi connectivity index (χ0n) is 29.6. The van der Waals surface area contributed by atoms with Crippen LogP contribution >= 0.6 is 11.8 Å². The molecule has 4 nitrogen and oxygen atoms in total. The van der Waals surface area contributed by atoms with Gasteiger partial charge in [-0.2, -0.15) is 11.8 Å². The second-order valence-corrected chi connectivity index (χ2v) is 13.1. The van der Waals surface area contributed by atoms with Gasteiger partial charge in [-0.3, -0.25) is 4.98 Å². The van der Waals surface area contributed by atoms with Crippen molar-refractivity contribution < 1.29 is 17.1 Å². The summed E-state index contributed by atoms with van der Waals surface area (Å²) in [7, 11) is 0. The summed E-state index contributed by atoms with van der Waals surface area (Å²) >= 11 is 5.85. The van der Waals surface area contributed by atoms with Gasteiger partial charge in [0.15, 0.2) is 0 Å². The lowest BCUT2D eigenvalue weighted by atomic mass is 9.66. The van der Waals surface area contributed by atoms with Crippen LogP contribution in [0.25, 0.3) is 0 Å². The Labute approximate surface area is 344 Å². The molecule has 1 aromatic carbocycles. The van der Waals surface area contributed by atoms with E-state index in [4.69, 9.17) is 17.1 Å². The van der Waals surface area contributed by atoms with Gasteiger partial charge in [0.05, 0.1) is 18.1 Å². The van der Waals surface area contributed by atoms with Gasteiger partial charge >= 0.3 is 0 Å². The summed E-state index contributed by atoms with van der Waals surface area (Å²) in [5.74, 6) is 60.2. The van der Waals surface area contributed by atoms with Crippen molar-refractivity contribution in [2.24, 2.45) is 27.4 Å². The minimum Gasteiger partial charge on any atom is -0.323 e. The maximum atomic E-state index is 6.72. The highest BCUT2D eigenvalue weighted by Gasteiger charge is 2.46. The van der Waals surface area contributed by atoms with Crippen LogP contribution in [0.15, 0.2) is 47.1 Å². The first-order valence-electron chi connectivity index (χ1n) is 16.8. The SMILES string of the molecule is C#CC#CC#CC#CC#CC#CC#CC#CC#CC#CC#CC.NN=S.N[C@H]1c2ccccc2CC12CCC(c1ccc(CSCC3CC3)nc1)CC2.[HH].[HH].[HH].[HH].[HH].[HH].[HH].[HH].[HH].[HH].[HH].[HH]. The third-order valence-corrected chi connectivity index (χ3v) is 9.72. The fourth-order valence-corrected chi connectivity index (χ4v) is 7.00. The molecule has 1 aromatic heterocycles. The van der Waals surface area contributed by atoms with E-state index in [2.05, 4.69) is 190 Å². The average molecular weight is 745 g/mol. The molecule has 1 heterocycles. The number of pyridine rings is 1. The molecule has 0 saturated heterocycles. The van der Waals surface area contributed by atoms with Gasteiger partial charge in [-0.1, -0.05) is 36.3 Å². The Balaban J connectivity index is -0.0000000943. The lowest BCUT2D eigenvalue weighted by molar-refractivity contribution is 0.149. The number of hydrogen-bond acceptors (Lipinski definition) is 5. The molecule has 2 fully saturated rings. The number of nitrogens with two attached hydrogens (primary N) is 2. The minimum absolute atomic E-state index is 0. The quantitative estimate of drug-likeness (QED) is 0.182. The zero-order chi connectivity index (χ0) is 37.8. The second kappa shape index (κ2) is 24.7. The van der Waals surface area contributed by atoms with E-state index in [9.17, 15) is 0 Å². The predicted molar refractivity (Wildman–Crippen MR) is 245 cm³/mol. The highest BCUT2D eigenvalue weighted by atomic mass is 32.2. The predicted octanol–water partition coefficient (Wildman–Crippen LogP) is 8.84. The first-order chi connectivity index (χ1) is 26.1. The van der Waals surface area contributed by atoms with E-state index in [1.54, 1.807) is 6.92 Å². The van der Waals surface area contributed by atoms with E-state index in [-0.39, 0.29) is 23.2 Å². The minimum atomic E-state index is 0. The lowest BCUT2D eigenvalue weighted by Crippen LogP contribution is -2.35. The molecule has 0 radical (unpaired) electrons. The third kappa shape index (κ3) is 15.6. The van der Waals surface area contributed by atoms with Crippen LogP contribution in [-0.2, 0) is 24.6 Å². The molecule has 53 heavy (non-hydrogen) atoms. The van der Waals surface area contributed by atoms with Crippen LogP contribution in [0.1, 0.15) is 96.9 Å². The largest absolute Gasteiger partial charge is 0.323 e. The van der Waals surface area contributed by atoms with Gasteiger partial charge in [0.1, 0.15) is 0 Å². The van der Waals surface area contributed by atoms with E-state index >= 15 is 0 Å². The summed E-state index contributed by atoms with van der Waals surface area (Å²) in [6, 6.07) is 13.6. The zero-order valence-corrected chi connectivity index (χ0v) is 31.2. The summed E-state index contributed by atoms with van der Waals surface area (Å²) in [5, 5.41) is 0. The van der Waals surface area contributed by atoms with Gasteiger partial charge in [-0.05, 0) is 192 Å². The van der Waals surface area contributed by atoms with E-state index in [1.807, 2.05) is 11.8 Å². The lowest BCUT2D eigenvalue weighted by Gasteiger charge is -2.40. The van der Waals surface area contributed by atoms with Crippen LogP contribution in [0.2, 0.25) is 0 Å². The van der Waals surface area contributed by atoms with Gasteiger partial charge in [-0.25, -0.2) is 0 Å². The molecule has 5 rings (SSSR count). The van der Waals surface area contributed by atoms with Crippen molar-refractivity contribution in [2.45, 2.75) is 69.6 Å². The monoisotopic (exact) mass is 744 g/mol. The molecular weight excluding hydrogens is 685 g/mol. The highest BCUT2D eigenvalue weighted by molar-refractivity contribution is 7.98. The Kier molecular flexibility index (Phi) is 19.2. The highest BCUT2D eigenvalue weighted by Crippen LogP contribution is 2.55. The van der Waals surface area contributed by atoms with Crippen LogP contribution in [-0.4, -0.2) is 10.7 Å². The van der Waals surface area contributed by atoms with E-state index in [0.29, 0.717) is 11.3 Å². The van der Waals surface area contributed by atoms with Gasteiger partial charge in [0.25, 0.3) is 0 Å². The van der Waals surface area contributed by atoms with Crippen molar-refractivity contribution in [3.05, 3.63) is 65.0 Å². The Morgan fingerprint density at radius 3 is 1.75 bits per heavy atom. The van der Waals surface area contributed by atoms with Crippen LogP contribution < -0.4 is 11.6 Å². The molecule has 4 N–H and O–H groups in total. The number of nitrogens with zero attached hydrogens (tertiary/aromatic N) is 2. The number of rotatable bonds is 5. The third-order valence-electron chi connectivity index (χ3n) is 8.52. The summed E-state index contributed by atoms with van der Waals surface area (Å²) in [5.41, 5.74) is 12.6. The molecule has 280 valence electrons. The van der Waals surface area contributed by atoms with Crippen LogP contribution in [0, 0.1) is 142 Å². The molecule has 0 amide bonds. The summed E-state index contributed by atoms with van der Waals surface area (Å²) in [4.78, 5) is 4.76. The summed E-state index contributed by atoms with van der Waals surface area (Å²) in [6.07, 6.45) is 16.1. The smallest absolute Gasteiger partial charge is 0.0623 e. The molecule has 0 unspecified atom stereocenters. The number of aromatic nitrogens is 1. The summed E-state index contributed by atoms with van der Waals surface area (Å²) < 4.78 is 2.58. The average Bonchev–Trinajstić information content (AvgIpc) is 3.97. The van der Waals surface area contributed by atoms with Crippen LogP contribution in [0.4, 0.5) is 0 Å². The number of thioether (sulfide) groups is 1. The number of benzene rings is 1. The fourth-order valence-electron chi connectivity index (χ4n) is 5.84. The van der Waals surface area contributed by atoms with Gasteiger partial charge in [0.2, 0.25) is 0 Å². The Hall–Kier alpha value is -6.34. The first kappa shape index (κ1) is 41.1. The Morgan fingerprint density at radius 1 is 0.792 bits per heavy atom. The molecule has 1 spiro atoms. The van der Waals surface area contributed by atoms with Crippen LogP contribution in [0.3, 0.4) is 0 Å². The molecule has 0 bridgehead atoms. The number of terminal acetylenes is 1. The molecule has 3 aliphatic carbocycles. The maximum absolute atomic E-state index is 6.72. The molecule has 0 aliphatic heterocycles. The van der Waals surface area contributed by atoms with Crippen molar-refractivity contribution >= 4 is 24.2 Å². The summed E-state index contributed by atoms with van der Waals surface area (Å²) in [6.45, 7) is 1.70. The molecule has 2 aromatic rings. The maximum Gasteiger partial charge on any atom is 0.0623 e. The van der Waals surface area contributed by atoms with Crippen molar-refractivity contribution in [1.82, 2.24) is 4.98 Å². The number of hydrogen-bond donors (Lipinski definition) is 2. The standard InChI is InChI=1S/C24H30N2S.C23H4.H2N2S.12H2/c25-23-22-4-2-1-3-19(22)13-24(23)11-9-18(10-12-24)20-7-8-21(26-14-20)16-27-15-17-5-6-17;1-3-5-7-9-11-13-15-17-19-21-23-22-20-18-16-14-12-10-8-6-4-2;1-2-3;;;;;;;;;;;;/h1-4,7-8,14,17-18,23H,5-6,9-13,15-16,25H2;1H,2H3;(H2,1,3);12*1H/t18?,23-,24?;;;;;;;;;;;;;;/m0............../s1. The second-order valence-electron chi connectivity index (χ2n) is 11.9. The van der Waals surface area contributed by atoms with Crippen molar-refractivity contribution in [3.63, 3.8) is 0 Å². The van der Waals surface area contributed by atoms with Crippen molar-refractivity contribution in [2.75, 3.05) is 5.75 Å². The topological polar surface area (TPSA) is 77.3 Å². The van der Waals surface area contributed by atoms with E-state index < -0.39 is 0 Å². The number of fused-ring (bicyclic) bond motifs is 1. The molecule has 1 atom stereocenters. The molecule has 3 aliphatic rings. The Morgan fingerprint density at radius 2 is 1.30 bits per heavy atom. The van der Waals surface area contributed by atoms with Gasteiger partial charge < -0.3 is 11.6 Å². The first-order valence-corrected chi connectivity index (χ1v) is 18.3. The molecule has 2 saturated carbocycles. The molecular formula is C47H60N4S2. The van der Waals surface area contributed by atoms with E-state index in [0.717, 1.165) is 11.7 Å². The normalized spacial score (nSPS) is 17.1. The molecule has 6 heteroatoms. The van der Waals surface area contributed by atoms with E-state index in [1.165, 1.54) is 73.1 Å². The Bertz CT molecular complexity index is 2330. The van der Waals surface area contributed by atoms with Gasteiger partial charge in [-0.15, -0.1) is 10.9 Å².